The lowest BCUT2D eigenvalue weighted by Crippen LogP contribution is -2.36. The number of halogens is 1. The summed E-state index contributed by atoms with van der Waals surface area (Å²) < 4.78 is 18.5. The van der Waals surface area contributed by atoms with Gasteiger partial charge in [-0.15, -0.1) is 0 Å². The molecule has 0 aliphatic carbocycles. The normalized spacial score (nSPS) is 16.7. The molecule has 0 saturated carbocycles. The first-order chi connectivity index (χ1) is 12.9. The standard InChI is InChI=1S/C18H16FN3O5/c1-12-17(23)20(18(24)21(12)14-8-6-13(19)7-9-14)10-11-27-16-5-3-2-4-15(16)22(25)26/h2-9,12H,10-11H2,1H3. The molecule has 2 aromatic rings. The van der Waals surface area contributed by atoms with Gasteiger partial charge < -0.3 is 4.74 Å². The van der Waals surface area contributed by atoms with E-state index < -0.39 is 28.7 Å². The van der Waals surface area contributed by atoms with Gasteiger partial charge in [0.15, 0.2) is 5.75 Å². The van der Waals surface area contributed by atoms with Crippen LogP contribution >= 0.6 is 0 Å². The van der Waals surface area contributed by atoms with Gasteiger partial charge in [-0.25, -0.2) is 9.18 Å². The van der Waals surface area contributed by atoms with E-state index in [9.17, 15) is 24.1 Å². The van der Waals surface area contributed by atoms with Crippen LogP contribution < -0.4 is 9.64 Å². The molecular formula is C18H16FN3O5. The van der Waals surface area contributed by atoms with E-state index in [1.165, 1.54) is 47.4 Å². The van der Waals surface area contributed by atoms with Crippen molar-refractivity contribution in [3.63, 3.8) is 0 Å². The van der Waals surface area contributed by atoms with Gasteiger partial charge in [0.2, 0.25) is 0 Å². The average molecular weight is 373 g/mol. The number of hydrogen-bond acceptors (Lipinski definition) is 5. The van der Waals surface area contributed by atoms with E-state index in [-0.39, 0.29) is 24.6 Å². The van der Waals surface area contributed by atoms with E-state index in [1.54, 1.807) is 13.0 Å². The highest BCUT2D eigenvalue weighted by atomic mass is 19.1. The maximum atomic E-state index is 13.1. The molecule has 3 rings (SSSR count). The van der Waals surface area contributed by atoms with E-state index in [1.807, 2.05) is 0 Å². The smallest absolute Gasteiger partial charge is 0.332 e. The first kappa shape index (κ1) is 18.3. The van der Waals surface area contributed by atoms with Crippen LogP contribution in [0.1, 0.15) is 6.92 Å². The summed E-state index contributed by atoms with van der Waals surface area (Å²) in [6, 6.07) is 9.82. The van der Waals surface area contributed by atoms with Gasteiger partial charge in [0.1, 0.15) is 18.5 Å². The SMILES string of the molecule is CC1C(=O)N(CCOc2ccccc2[N+](=O)[O-])C(=O)N1c1ccc(F)cc1. The molecule has 2 aromatic carbocycles. The molecule has 0 N–H and O–H groups in total. The second-order valence-electron chi connectivity index (χ2n) is 5.87. The maximum Gasteiger partial charge on any atom is 0.332 e. The van der Waals surface area contributed by atoms with Crippen LogP contribution in [0.25, 0.3) is 0 Å². The molecule has 1 saturated heterocycles. The Morgan fingerprint density at radius 3 is 2.48 bits per heavy atom. The van der Waals surface area contributed by atoms with Gasteiger partial charge in [-0.05, 0) is 37.3 Å². The van der Waals surface area contributed by atoms with Crippen molar-refractivity contribution in [1.29, 1.82) is 0 Å². The Hall–Kier alpha value is -3.49. The number of urea groups is 1. The van der Waals surface area contributed by atoms with Crippen LogP contribution in [-0.4, -0.2) is 41.0 Å². The fraction of sp³-hybridized carbons (Fsp3) is 0.222. The van der Waals surface area contributed by atoms with Gasteiger partial charge in [0.25, 0.3) is 5.91 Å². The lowest BCUT2D eigenvalue weighted by molar-refractivity contribution is -0.385. The zero-order chi connectivity index (χ0) is 19.6. The van der Waals surface area contributed by atoms with Crippen molar-refractivity contribution < 1.29 is 23.6 Å². The van der Waals surface area contributed by atoms with Gasteiger partial charge in [-0.2, -0.15) is 0 Å². The molecule has 1 atom stereocenters. The Balaban J connectivity index is 1.69. The molecule has 0 spiro atoms. The molecule has 3 amide bonds. The number of nitro groups is 1. The maximum absolute atomic E-state index is 13.1. The molecule has 0 aromatic heterocycles. The summed E-state index contributed by atoms with van der Waals surface area (Å²) in [6.07, 6.45) is 0. The van der Waals surface area contributed by atoms with E-state index in [0.717, 1.165) is 4.90 Å². The molecule has 1 unspecified atom stereocenters. The summed E-state index contributed by atoms with van der Waals surface area (Å²) in [5, 5.41) is 11.0. The fourth-order valence-electron chi connectivity index (χ4n) is 2.84. The van der Waals surface area contributed by atoms with Crippen molar-refractivity contribution in [1.82, 2.24) is 4.90 Å². The van der Waals surface area contributed by atoms with Crippen molar-refractivity contribution in [3.8, 4) is 5.75 Å². The summed E-state index contributed by atoms with van der Waals surface area (Å²) in [5.41, 5.74) is 0.210. The summed E-state index contributed by atoms with van der Waals surface area (Å²) in [6.45, 7) is 1.42. The molecule has 0 bridgehead atoms. The third-order valence-corrected chi connectivity index (χ3v) is 4.19. The third-order valence-electron chi connectivity index (χ3n) is 4.19. The molecule has 8 nitrogen and oxygen atoms in total. The lowest BCUT2D eigenvalue weighted by atomic mass is 10.2. The van der Waals surface area contributed by atoms with Crippen LogP contribution in [0.5, 0.6) is 5.75 Å². The molecule has 1 fully saturated rings. The molecule has 1 aliphatic heterocycles. The van der Waals surface area contributed by atoms with Crippen molar-refractivity contribution in [2.45, 2.75) is 13.0 Å². The average Bonchev–Trinajstić information content (AvgIpc) is 2.86. The summed E-state index contributed by atoms with van der Waals surface area (Å²) in [7, 11) is 0. The van der Waals surface area contributed by atoms with Crippen LogP contribution in [0, 0.1) is 15.9 Å². The lowest BCUT2D eigenvalue weighted by Gasteiger charge is -2.19. The van der Waals surface area contributed by atoms with E-state index >= 15 is 0 Å². The fourth-order valence-corrected chi connectivity index (χ4v) is 2.84. The van der Waals surface area contributed by atoms with Crippen molar-refractivity contribution >= 4 is 23.3 Å². The number of nitrogens with zero attached hydrogens (tertiary/aromatic N) is 3. The molecule has 1 aliphatic rings. The van der Waals surface area contributed by atoms with Gasteiger partial charge in [-0.1, -0.05) is 12.1 Å². The first-order valence-corrected chi connectivity index (χ1v) is 8.16. The molecule has 1 heterocycles. The number of carbonyl (C=O) groups is 2. The predicted molar refractivity (Wildman–Crippen MR) is 94.0 cm³/mol. The number of carbonyl (C=O) groups excluding carboxylic acids is 2. The highest BCUT2D eigenvalue weighted by Crippen LogP contribution is 2.27. The van der Waals surface area contributed by atoms with Crippen LogP contribution in [-0.2, 0) is 4.79 Å². The van der Waals surface area contributed by atoms with E-state index in [0.29, 0.717) is 5.69 Å². The zero-order valence-corrected chi connectivity index (χ0v) is 14.4. The van der Waals surface area contributed by atoms with Crippen LogP contribution in [0.4, 0.5) is 20.6 Å². The minimum atomic E-state index is -0.742. The summed E-state index contributed by atoms with van der Waals surface area (Å²) in [5.74, 6) is -0.806. The van der Waals surface area contributed by atoms with Crippen LogP contribution in [0.3, 0.4) is 0 Å². The Bertz CT molecular complexity index is 887. The minimum Gasteiger partial charge on any atom is -0.485 e. The number of ether oxygens (including phenoxy) is 1. The topological polar surface area (TPSA) is 93.0 Å². The number of anilines is 1. The number of hydrogen-bond donors (Lipinski definition) is 0. The summed E-state index contributed by atoms with van der Waals surface area (Å²) in [4.78, 5) is 37.7. The van der Waals surface area contributed by atoms with E-state index in [2.05, 4.69) is 0 Å². The number of benzene rings is 2. The van der Waals surface area contributed by atoms with Gasteiger partial charge in [0.05, 0.1) is 11.5 Å². The minimum absolute atomic E-state index is 0.0602. The largest absolute Gasteiger partial charge is 0.485 e. The zero-order valence-electron chi connectivity index (χ0n) is 14.4. The number of nitro benzene ring substituents is 1. The van der Waals surface area contributed by atoms with E-state index in [4.69, 9.17) is 4.74 Å². The number of amides is 3. The van der Waals surface area contributed by atoms with Crippen LogP contribution in [0.2, 0.25) is 0 Å². The highest BCUT2D eigenvalue weighted by molar-refractivity contribution is 6.14. The quantitative estimate of drug-likeness (QED) is 0.441. The highest BCUT2D eigenvalue weighted by Gasteiger charge is 2.43. The molecular weight excluding hydrogens is 357 g/mol. The number of para-hydroxylation sites is 2. The third kappa shape index (κ3) is 3.57. The second-order valence-corrected chi connectivity index (χ2v) is 5.87. The van der Waals surface area contributed by atoms with Crippen LogP contribution in [0.15, 0.2) is 48.5 Å². The Kier molecular flexibility index (Phi) is 5.02. The number of imide groups is 1. The van der Waals surface area contributed by atoms with Gasteiger partial charge in [0, 0.05) is 11.8 Å². The summed E-state index contributed by atoms with van der Waals surface area (Å²) >= 11 is 0. The molecule has 9 heteroatoms. The Labute approximate surface area is 153 Å². The van der Waals surface area contributed by atoms with Gasteiger partial charge in [-0.3, -0.25) is 24.7 Å². The Morgan fingerprint density at radius 1 is 1.15 bits per heavy atom. The number of rotatable bonds is 6. The second kappa shape index (κ2) is 7.40. The first-order valence-electron chi connectivity index (χ1n) is 8.16. The molecule has 0 radical (unpaired) electrons. The van der Waals surface area contributed by atoms with Gasteiger partial charge >= 0.3 is 11.7 Å². The molecule has 140 valence electrons. The monoisotopic (exact) mass is 373 g/mol. The van der Waals surface area contributed by atoms with Crippen molar-refractivity contribution in [3.05, 3.63) is 64.5 Å². The predicted octanol–water partition coefficient (Wildman–Crippen LogP) is 2.97. The Morgan fingerprint density at radius 2 is 1.81 bits per heavy atom. The molecule has 27 heavy (non-hydrogen) atoms. The van der Waals surface area contributed by atoms with Crippen molar-refractivity contribution in [2.75, 3.05) is 18.1 Å². The van der Waals surface area contributed by atoms with Crippen molar-refractivity contribution in [2.24, 2.45) is 0 Å².